The van der Waals surface area contributed by atoms with Crippen LogP contribution < -0.4 is 5.73 Å². The van der Waals surface area contributed by atoms with Gasteiger partial charge in [-0.3, -0.25) is 4.79 Å². The first-order chi connectivity index (χ1) is 14.8. The van der Waals surface area contributed by atoms with Crippen LogP contribution in [0.2, 0.25) is 0 Å². The van der Waals surface area contributed by atoms with Crippen molar-refractivity contribution in [1.82, 2.24) is 9.29 Å². The fourth-order valence-corrected chi connectivity index (χ4v) is 5.56. The number of hydrogen-bond acceptors (Lipinski definition) is 4. The molecule has 1 fully saturated rings. The second-order valence-electron chi connectivity index (χ2n) is 7.99. The average Bonchev–Trinajstić information content (AvgIpc) is 3.22. The number of H-pyrrole nitrogens is 1. The topological polar surface area (TPSA) is 116 Å². The Bertz CT molecular complexity index is 1220. The number of fused-ring (bicyclic) bond motifs is 1. The third kappa shape index (κ3) is 4.11. The molecule has 31 heavy (non-hydrogen) atoms. The Morgan fingerprint density at radius 3 is 2.58 bits per heavy atom. The minimum absolute atomic E-state index is 0.0621. The fraction of sp³-hybridized carbons (Fsp3) is 0.348. The third-order valence-electron chi connectivity index (χ3n) is 6.18. The van der Waals surface area contributed by atoms with Gasteiger partial charge in [0.15, 0.2) is 0 Å². The molecular weight excluding hydrogens is 414 g/mol. The van der Waals surface area contributed by atoms with Gasteiger partial charge >= 0.3 is 0 Å². The number of aromatic amines is 1. The van der Waals surface area contributed by atoms with E-state index in [1.165, 1.54) is 0 Å². The van der Waals surface area contributed by atoms with Gasteiger partial charge in [0.2, 0.25) is 10.0 Å². The largest absolute Gasteiger partial charge is 0.392 e. The van der Waals surface area contributed by atoms with Crippen LogP contribution in [0, 0.1) is 0 Å². The zero-order valence-electron chi connectivity index (χ0n) is 17.5. The highest BCUT2D eigenvalue weighted by atomic mass is 32.2. The Labute approximate surface area is 181 Å². The predicted octanol–water partition coefficient (Wildman–Crippen LogP) is 2.96. The molecule has 1 amide bonds. The molecule has 1 saturated heterocycles. The van der Waals surface area contributed by atoms with Gasteiger partial charge in [-0.1, -0.05) is 18.2 Å². The standard InChI is InChI=1S/C23H27N3O4S/c1-2-31(29,30)26-8-6-16(7-9-26)21-13-25-22-19(21)11-18(12-20(22)23(24)28)17-5-3-4-15(10-17)14-27/h3-5,10-13,16,25,27H,2,6-9,14H2,1H3,(H2,24,28). The Morgan fingerprint density at radius 1 is 1.19 bits per heavy atom. The van der Waals surface area contributed by atoms with Crippen LogP contribution in [0.1, 0.15) is 47.2 Å². The predicted molar refractivity (Wildman–Crippen MR) is 121 cm³/mol. The van der Waals surface area contributed by atoms with Crippen LogP contribution >= 0.6 is 0 Å². The molecule has 0 radical (unpaired) electrons. The van der Waals surface area contributed by atoms with Gasteiger partial charge in [0.05, 0.1) is 23.4 Å². The molecular formula is C23H27N3O4S. The SMILES string of the molecule is CCS(=O)(=O)N1CCC(c2c[nH]c3c(C(N)=O)cc(-c4cccc(CO)c4)cc23)CC1. The first kappa shape index (κ1) is 21.5. The maximum absolute atomic E-state index is 12.2. The van der Waals surface area contributed by atoms with E-state index in [-0.39, 0.29) is 18.3 Å². The van der Waals surface area contributed by atoms with Crippen molar-refractivity contribution < 1.29 is 18.3 Å². The number of sulfonamides is 1. The smallest absolute Gasteiger partial charge is 0.250 e. The van der Waals surface area contributed by atoms with Gasteiger partial charge in [-0.05, 0) is 66.1 Å². The fourth-order valence-electron chi connectivity index (χ4n) is 4.43. The van der Waals surface area contributed by atoms with Crippen LogP contribution in [-0.2, 0) is 16.6 Å². The second kappa shape index (κ2) is 8.45. The van der Waals surface area contributed by atoms with Crippen molar-refractivity contribution >= 4 is 26.8 Å². The number of primary amides is 1. The van der Waals surface area contributed by atoms with E-state index in [1.807, 2.05) is 36.5 Å². The summed E-state index contributed by atoms with van der Waals surface area (Å²) >= 11 is 0. The van der Waals surface area contributed by atoms with Crippen LogP contribution in [0.5, 0.6) is 0 Å². The number of aliphatic hydroxyl groups is 1. The molecule has 1 aliphatic rings. The Hall–Kier alpha value is -2.68. The number of aliphatic hydroxyl groups excluding tert-OH is 1. The number of piperidine rings is 1. The quantitative estimate of drug-likeness (QED) is 0.545. The van der Waals surface area contributed by atoms with Crippen LogP contribution in [0.4, 0.5) is 0 Å². The maximum Gasteiger partial charge on any atom is 0.250 e. The number of amides is 1. The van der Waals surface area contributed by atoms with Gasteiger partial charge in [-0.15, -0.1) is 0 Å². The molecule has 0 saturated carbocycles. The van der Waals surface area contributed by atoms with Crippen molar-refractivity contribution in [2.24, 2.45) is 5.73 Å². The summed E-state index contributed by atoms with van der Waals surface area (Å²) in [7, 11) is -3.18. The summed E-state index contributed by atoms with van der Waals surface area (Å²) < 4.78 is 25.9. The lowest BCUT2D eigenvalue weighted by Gasteiger charge is -2.31. The molecule has 3 aromatic rings. The molecule has 0 atom stereocenters. The van der Waals surface area contributed by atoms with Crippen molar-refractivity contribution in [3.63, 3.8) is 0 Å². The summed E-state index contributed by atoms with van der Waals surface area (Å²) in [5, 5.41) is 10.4. The number of nitrogens with zero attached hydrogens (tertiary/aromatic N) is 1. The van der Waals surface area contributed by atoms with Crippen LogP contribution in [0.3, 0.4) is 0 Å². The summed E-state index contributed by atoms with van der Waals surface area (Å²) in [5.74, 6) is -0.206. The van der Waals surface area contributed by atoms with Crippen molar-refractivity contribution in [1.29, 1.82) is 0 Å². The highest BCUT2D eigenvalue weighted by molar-refractivity contribution is 7.89. The monoisotopic (exact) mass is 441 g/mol. The molecule has 1 aromatic heterocycles. The molecule has 4 N–H and O–H groups in total. The molecule has 2 aromatic carbocycles. The Kier molecular flexibility index (Phi) is 5.88. The number of carbonyl (C=O) groups excluding carboxylic acids is 1. The zero-order valence-corrected chi connectivity index (χ0v) is 18.3. The van der Waals surface area contributed by atoms with E-state index in [0.717, 1.165) is 40.5 Å². The van der Waals surface area contributed by atoms with Gasteiger partial charge in [0.25, 0.3) is 5.91 Å². The molecule has 0 aliphatic carbocycles. The lowest BCUT2D eigenvalue weighted by atomic mass is 9.88. The van der Waals surface area contributed by atoms with Gasteiger partial charge in [0.1, 0.15) is 0 Å². The maximum atomic E-state index is 12.2. The minimum atomic E-state index is -3.18. The number of rotatable bonds is 6. The number of carbonyl (C=O) groups is 1. The number of nitrogens with two attached hydrogens (primary N) is 1. The van der Waals surface area contributed by atoms with Crippen molar-refractivity contribution in [3.8, 4) is 11.1 Å². The summed E-state index contributed by atoms with van der Waals surface area (Å²) in [6.45, 7) is 2.59. The number of nitrogens with one attached hydrogen (secondary N) is 1. The number of aromatic nitrogens is 1. The normalized spacial score (nSPS) is 16.1. The molecule has 1 aliphatic heterocycles. The summed E-state index contributed by atoms with van der Waals surface area (Å²) in [4.78, 5) is 15.4. The van der Waals surface area contributed by atoms with Gasteiger partial charge < -0.3 is 15.8 Å². The average molecular weight is 442 g/mol. The third-order valence-corrected chi connectivity index (χ3v) is 8.06. The molecule has 0 unspecified atom stereocenters. The highest BCUT2D eigenvalue weighted by Crippen LogP contribution is 2.37. The number of hydrogen-bond donors (Lipinski definition) is 3. The molecule has 0 bridgehead atoms. The number of benzene rings is 2. The molecule has 164 valence electrons. The Morgan fingerprint density at radius 2 is 1.94 bits per heavy atom. The van der Waals surface area contributed by atoms with Gasteiger partial charge in [-0.25, -0.2) is 12.7 Å². The van der Waals surface area contributed by atoms with E-state index in [0.29, 0.717) is 24.2 Å². The Balaban J connectivity index is 1.74. The molecule has 7 nitrogen and oxygen atoms in total. The van der Waals surface area contributed by atoms with Crippen molar-refractivity contribution in [3.05, 3.63) is 59.3 Å². The summed E-state index contributed by atoms with van der Waals surface area (Å²) in [6.07, 6.45) is 3.37. The molecule has 0 spiro atoms. The van der Waals surface area contributed by atoms with E-state index < -0.39 is 15.9 Å². The van der Waals surface area contributed by atoms with Crippen LogP contribution in [0.25, 0.3) is 22.0 Å². The second-order valence-corrected chi connectivity index (χ2v) is 10.2. The summed E-state index contributed by atoms with van der Waals surface area (Å²) in [6, 6.07) is 11.4. The van der Waals surface area contributed by atoms with E-state index in [1.54, 1.807) is 17.3 Å². The lowest BCUT2D eigenvalue weighted by Crippen LogP contribution is -2.38. The molecule has 2 heterocycles. The van der Waals surface area contributed by atoms with Crippen molar-refractivity contribution in [2.45, 2.75) is 32.3 Å². The van der Waals surface area contributed by atoms with E-state index in [2.05, 4.69) is 4.98 Å². The van der Waals surface area contributed by atoms with E-state index >= 15 is 0 Å². The van der Waals surface area contributed by atoms with Crippen LogP contribution in [-0.4, -0.2) is 47.6 Å². The molecule has 4 rings (SSSR count). The van der Waals surface area contributed by atoms with E-state index in [4.69, 9.17) is 5.73 Å². The highest BCUT2D eigenvalue weighted by Gasteiger charge is 2.29. The summed E-state index contributed by atoms with van der Waals surface area (Å²) in [5.41, 5.74) is 10.4. The van der Waals surface area contributed by atoms with Gasteiger partial charge in [0, 0.05) is 24.7 Å². The zero-order chi connectivity index (χ0) is 22.2. The first-order valence-electron chi connectivity index (χ1n) is 10.5. The van der Waals surface area contributed by atoms with Crippen LogP contribution in [0.15, 0.2) is 42.6 Å². The minimum Gasteiger partial charge on any atom is -0.392 e. The molecule has 8 heteroatoms. The first-order valence-corrected chi connectivity index (χ1v) is 12.1. The lowest BCUT2D eigenvalue weighted by molar-refractivity contribution is 0.100. The van der Waals surface area contributed by atoms with Crippen molar-refractivity contribution in [2.75, 3.05) is 18.8 Å². The van der Waals surface area contributed by atoms with E-state index in [9.17, 15) is 18.3 Å². The van der Waals surface area contributed by atoms with Gasteiger partial charge in [-0.2, -0.15) is 0 Å².